The highest BCUT2D eigenvalue weighted by molar-refractivity contribution is 9.10. The van der Waals surface area contributed by atoms with Gasteiger partial charge in [0.25, 0.3) is 0 Å². The van der Waals surface area contributed by atoms with Crippen molar-refractivity contribution in [2.75, 3.05) is 25.0 Å². The second kappa shape index (κ2) is 5.13. The molecule has 1 aliphatic rings. The van der Waals surface area contributed by atoms with E-state index in [1.807, 2.05) is 39.1 Å². The minimum Gasteiger partial charge on any atom is -0.392 e. The molecule has 0 saturated carbocycles. The molecule has 0 aromatic heterocycles. The molecule has 1 aromatic rings. The highest BCUT2D eigenvalue weighted by atomic mass is 79.9. The second-order valence-electron chi connectivity index (χ2n) is 5.37. The van der Waals surface area contributed by atoms with Crippen molar-refractivity contribution in [3.63, 3.8) is 0 Å². The Kier molecular flexibility index (Phi) is 3.87. The topological polar surface area (TPSA) is 43.8 Å². The van der Waals surface area contributed by atoms with Crippen LogP contribution >= 0.6 is 15.9 Å². The maximum atomic E-state index is 12.3. The average molecular weight is 327 g/mol. The van der Waals surface area contributed by atoms with Crippen LogP contribution in [0.1, 0.15) is 19.4 Å². The summed E-state index contributed by atoms with van der Waals surface area (Å²) in [6.07, 6.45) is 0. The first-order valence-electron chi connectivity index (χ1n) is 6.30. The summed E-state index contributed by atoms with van der Waals surface area (Å²) in [5.74, 6) is 0.102. The van der Waals surface area contributed by atoms with Gasteiger partial charge >= 0.3 is 0 Å². The Balaban J connectivity index is 2.44. The van der Waals surface area contributed by atoms with Gasteiger partial charge in [0, 0.05) is 35.9 Å². The summed E-state index contributed by atoms with van der Waals surface area (Å²) in [7, 11) is 1.83. The predicted molar refractivity (Wildman–Crippen MR) is 79.1 cm³/mol. The van der Waals surface area contributed by atoms with E-state index in [4.69, 9.17) is 0 Å². The van der Waals surface area contributed by atoms with Crippen molar-refractivity contribution in [3.8, 4) is 0 Å². The highest BCUT2D eigenvalue weighted by Gasteiger charge is 2.41. The van der Waals surface area contributed by atoms with Gasteiger partial charge in [0.05, 0.1) is 6.61 Å². The van der Waals surface area contributed by atoms with Gasteiger partial charge in [0.2, 0.25) is 5.91 Å². The van der Waals surface area contributed by atoms with Crippen LogP contribution < -0.4 is 4.90 Å². The monoisotopic (exact) mass is 326 g/mol. The Labute approximate surface area is 122 Å². The number of carbonyl (C=O) groups is 1. The number of likely N-dealkylation sites (N-methyl/N-ethyl adjacent to an activating group) is 1. The summed E-state index contributed by atoms with van der Waals surface area (Å²) < 4.78 is 0.929. The molecule has 0 bridgehead atoms. The number of rotatable bonds is 2. The standard InChI is InChI=1S/C14H19BrN2O2/c1-14(2)13(19)16(3)6-7-17(14)12-5-4-11(15)8-10(12)9-18/h4-5,8,18H,6-7,9H2,1-3H3. The summed E-state index contributed by atoms with van der Waals surface area (Å²) in [6, 6.07) is 5.79. The molecule has 0 atom stereocenters. The van der Waals surface area contributed by atoms with Crippen molar-refractivity contribution < 1.29 is 9.90 Å². The van der Waals surface area contributed by atoms with Gasteiger partial charge in [0.1, 0.15) is 5.54 Å². The van der Waals surface area contributed by atoms with Gasteiger partial charge in [-0.05, 0) is 32.0 Å². The first-order valence-corrected chi connectivity index (χ1v) is 7.09. The van der Waals surface area contributed by atoms with Crippen LogP contribution in [0, 0.1) is 0 Å². The maximum Gasteiger partial charge on any atom is 0.247 e. The van der Waals surface area contributed by atoms with E-state index < -0.39 is 5.54 Å². The molecule has 1 amide bonds. The Morgan fingerprint density at radius 3 is 2.68 bits per heavy atom. The van der Waals surface area contributed by atoms with E-state index in [1.54, 1.807) is 4.90 Å². The van der Waals surface area contributed by atoms with E-state index in [-0.39, 0.29) is 12.5 Å². The van der Waals surface area contributed by atoms with Gasteiger partial charge in [-0.15, -0.1) is 0 Å². The van der Waals surface area contributed by atoms with Crippen LogP contribution in [0.25, 0.3) is 0 Å². The first-order chi connectivity index (χ1) is 8.87. The predicted octanol–water partition coefficient (Wildman–Crippen LogP) is 2.00. The molecule has 1 heterocycles. The fraction of sp³-hybridized carbons (Fsp3) is 0.500. The lowest BCUT2D eigenvalue weighted by molar-refractivity contribution is -0.136. The minimum absolute atomic E-state index is 0.0363. The molecule has 1 N–H and O–H groups in total. The van der Waals surface area contributed by atoms with Gasteiger partial charge in [-0.25, -0.2) is 0 Å². The Hall–Kier alpha value is -1.07. The fourth-order valence-corrected chi connectivity index (χ4v) is 2.99. The smallest absolute Gasteiger partial charge is 0.247 e. The lowest BCUT2D eigenvalue weighted by Gasteiger charge is -2.46. The quantitative estimate of drug-likeness (QED) is 0.904. The van der Waals surface area contributed by atoms with Crippen LogP contribution in [0.5, 0.6) is 0 Å². The lowest BCUT2D eigenvalue weighted by atomic mass is 9.95. The zero-order valence-corrected chi connectivity index (χ0v) is 13.1. The van der Waals surface area contributed by atoms with Crippen molar-refractivity contribution in [3.05, 3.63) is 28.2 Å². The number of hydrogen-bond acceptors (Lipinski definition) is 3. The van der Waals surface area contributed by atoms with Crippen LogP contribution in [0.2, 0.25) is 0 Å². The number of aliphatic hydroxyl groups is 1. The van der Waals surface area contributed by atoms with Gasteiger partial charge in [-0.1, -0.05) is 15.9 Å². The van der Waals surface area contributed by atoms with E-state index in [9.17, 15) is 9.90 Å². The van der Waals surface area contributed by atoms with Crippen molar-refractivity contribution in [1.82, 2.24) is 4.90 Å². The van der Waals surface area contributed by atoms with Crippen molar-refractivity contribution in [1.29, 1.82) is 0 Å². The number of nitrogens with zero attached hydrogens (tertiary/aromatic N) is 2. The largest absolute Gasteiger partial charge is 0.392 e. The number of piperazine rings is 1. The number of amides is 1. The molecular formula is C14H19BrN2O2. The fourth-order valence-electron chi connectivity index (χ4n) is 2.58. The SMILES string of the molecule is CN1CCN(c2ccc(Br)cc2CO)C(C)(C)C1=O. The third-order valence-corrected chi connectivity index (χ3v) is 4.20. The molecule has 4 nitrogen and oxygen atoms in total. The molecule has 5 heteroatoms. The number of aliphatic hydroxyl groups excluding tert-OH is 1. The van der Waals surface area contributed by atoms with Crippen LogP contribution in [0.3, 0.4) is 0 Å². The zero-order chi connectivity index (χ0) is 14.2. The zero-order valence-electron chi connectivity index (χ0n) is 11.5. The van der Waals surface area contributed by atoms with E-state index in [1.165, 1.54) is 0 Å². The number of halogens is 1. The lowest BCUT2D eigenvalue weighted by Crippen LogP contribution is -2.62. The molecule has 104 valence electrons. The molecule has 0 spiro atoms. The maximum absolute atomic E-state index is 12.3. The molecule has 0 unspecified atom stereocenters. The Morgan fingerprint density at radius 2 is 2.05 bits per heavy atom. The van der Waals surface area contributed by atoms with Crippen molar-refractivity contribution in [2.24, 2.45) is 0 Å². The third-order valence-electron chi connectivity index (χ3n) is 3.71. The molecule has 2 rings (SSSR count). The number of hydrogen-bond donors (Lipinski definition) is 1. The molecule has 0 aliphatic carbocycles. The van der Waals surface area contributed by atoms with Gasteiger partial charge < -0.3 is 14.9 Å². The van der Waals surface area contributed by atoms with Crippen LogP contribution in [-0.4, -0.2) is 41.6 Å². The average Bonchev–Trinajstić information content (AvgIpc) is 2.37. The first kappa shape index (κ1) is 14.3. The van der Waals surface area contributed by atoms with Crippen molar-refractivity contribution in [2.45, 2.75) is 26.0 Å². The van der Waals surface area contributed by atoms with Crippen LogP contribution in [0.15, 0.2) is 22.7 Å². The summed E-state index contributed by atoms with van der Waals surface area (Å²) >= 11 is 3.41. The van der Waals surface area contributed by atoms with Gasteiger partial charge in [-0.3, -0.25) is 4.79 Å². The molecule has 19 heavy (non-hydrogen) atoms. The minimum atomic E-state index is -0.593. The van der Waals surface area contributed by atoms with E-state index >= 15 is 0 Å². The highest BCUT2D eigenvalue weighted by Crippen LogP contribution is 2.32. The molecule has 1 fully saturated rings. The molecular weight excluding hydrogens is 308 g/mol. The van der Waals surface area contributed by atoms with Crippen molar-refractivity contribution >= 4 is 27.5 Å². The number of anilines is 1. The van der Waals surface area contributed by atoms with Crippen LogP contribution in [0.4, 0.5) is 5.69 Å². The van der Waals surface area contributed by atoms with E-state index in [0.29, 0.717) is 6.54 Å². The third kappa shape index (κ3) is 2.49. The molecule has 0 radical (unpaired) electrons. The molecule has 1 aliphatic heterocycles. The molecule has 1 aromatic carbocycles. The number of carbonyl (C=O) groups excluding carboxylic acids is 1. The normalized spacial score (nSPS) is 18.9. The molecule has 1 saturated heterocycles. The Morgan fingerprint density at radius 1 is 1.37 bits per heavy atom. The number of benzene rings is 1. The van der Waals surface area contributed by atoms with E-state index in [0.717, 1.165) is 22.3 Å². The van der Waals surface area contributed by atoms with E-state index in [2.05, 4.69) is 20.8 Å². The second-order valence-corrected chi connectivity index (χ2v) is 6.28. The summed E-state index contributed by atoms with van der Waals surface area (Å²) in [6.45, 7) is 5.28. The van der Waals surface area contributed by atoms with Gasteiger partial charge in [0.15, 0.2) is 0 Å². The summed E-state index contributed by atoms with van der Waals surface area (Å²) in [4.78, 5) is 16.1. The van der Waals surface area contributed by atoms with Crippen LogP contribution in [-0.2, 0) is 11.4 Å². The summed E-state index contributed by atoms with van der Waals surface area (Å²) in [5, 5.41) is 9.52. The Bertz CT molecular complexity index is 502. The summed E-state index contributed by atoms with van der Waals surface area (Å²) in [5.41, 5.74) is 1.17. The van der Waals surface area contributed by atoms with Gasteiger partial charge in [-0.2, -0.15) is 0 Å².